The van der Waals surface area contributed by atoms with Gasteiger partial charge in [-0.1, -0.05) is 176 Å². The van der Waals surface area contributed by atoms with E-state index >= 15 is 0 Å². The Balaban J connectivity index is 1.07. The Hall–Kier alpha value is -8.97. The van der Waals surface area contributed by atoms with Crippen molar-refractivity contribution >= 4 is 75.3 Å². The minimum Gasteiger partial charge on any atom is -0.456 e. The van der Waals surface area contributed by atoms with Crippen LogP contribution in [0, 0.1) is 0 Å². The monoisotopic (exact) mass is 898 g/mol. The number of nitrogens with zero attached hydrogens (tertiary/aromatic N) is 4. The van der Waals surface area contributed by atoms with Crippen LogP contribution >= 0.6 is 11.3 Å². The van der Waals surface area contributed by atoms with E-state index in [0.717, 1.165) is 83.2 Å². The first-order valence-electron chi connectivity index (χ1n) is 23.2. The average Bonchev–Trinajstić information content (AvgIpc) is 4.11. The Morgan fingerprint density at radius 3 is 1.59 bits per heavy atom. The zero-order valence-electron chi connectivity index (χ0n) is 37.0. The Morgan fingerprint density at radius 2 is 0.870 bits per heavy atom. The fraction of sp³-hybridized carbons (Fsp3) is 0. The van der Waals surface area contributed by atoms with E-state index in [1.807, 2.05) is 35.6 Å². The Bertz CT molecular complexity index is 4220. The van der Waals surface area contributed by atoms with Gasteiger partial charge in [-0.3, -0.25) is 0 Å². The molecule has 0 atom stereocenters. The highest BCUT2D eigenvalue weighted by atomic mass is 32.1. The first-order chi connectivity index (χ1) is 34.2. The van der Waals surface area contributed by atoms with Gasteiger partial charge in [0.25, 0.3) is 0 Å². The molecule has 0 saturated heterocycles. The molecule has 10 aromatic carbocycles. The molecule has 0 amide bonds. The van der Waals surface area contributed by atoms with E-state index in [1.165, 1.54) is 36.5 Å². The second kappa shape index (κ2) is 15.8. The summed E-state index contributed by atoms with van der Waals surface area (Å²) in [5.74, 6) is 1.76. The first kappa shape index (κ1) is 39.2. The van der Waals surface area contributed by atoms with Crippen molar-refractivity contribution in [2.45, 2.75) is 0 Å². The molecule has 4 heterocycles. The summed E-state index contributed by atoms with van der Waals surface area (Å²) in [7, 11) is 0. The Morgan fingerprint density at radius 1 is 0.348 bits per heavy atom. The van der Waals surface area contributed by atoms with Gasteiger partial charge in [-0.2, -0.15) is 0 Å². The van der Waals surface area contributed by atoms with E-state index in [2.05, 4.69) is 211 Å². The third-order valence-corrected chi connectivity index (χ3v) is 14.6. The number of rotatable bonds is 7. The molecule has 0 aliphatic heterocycles. The maximum absolute atomic E-state index is 6.50. The van der Waals surface area contributed by atoms with Crippen LogP contribution in [0.15, 0.2) is 235 Å². The van der Waals surface area contributed by atoms with Crippen molar-refractivity contribution in [1.82, 2.24) is 19.5 Å². The third-order valence-electron chi connectivity index (χ3n) is 13.4. The lowest BCUT2D eigenvalue weighted by Crippen LogP contribution is -2.02. The van der Waals surface area contributed by atoms with Crippen molar-refractivity contribution in [2.24, 2.45) is 0 Å². The predicted molar refractivity (Wildman–Crippen MR) is 287 cm³/mol. The average molecular weight is 899 g/mol. The summed E-state index contributed by atoms with van der Waals surface area (Å²) >= 11 is 1.85. The lowest BCUT2D eigenvalue weighted by Gasteiger charge is -2.15. The number of fused-ring (bicyclic) bond motifs is 10. The van der Waals surface area contributed by atoms with Crippen molar-refractivity contribution in [3.63, 3.8) is 0 Å². The lowest BCUT2D eigenvalue weighted by atomic mass is 9.96. The fourth-order valence-corrected chi connectivity index (χ4v) is 11.5. The van der Waals surface area contributed by atoms with Gasteiger partial charge in [-0.25, -0.2) is 15.0 Å². The molecule has 0 N–H and O–H groups in total. The number of aromatic nitrogens is 4. The molecule has 4 aromatic heterocycles. The second-order valence-electron chi connectivity index (χ2n) is 17.5. The summed E-state index contributed by atoms with van der Waals surface area (Å²) < 4.78 is 11.5. The van der Waals surface area contributed by atoms with Crippen LogP contribution in [0.5, 0.6) is 0 Å². The van der Waals surface area contributed by atoms with E-state index < -0.39 is 0 Å². The molecule has 0 saturated carbocycles. The first-order valence-corrected chi connectivity index (χ1v) is 24.0. The van der Waals surface area contributed by atoms with Gasteiger partial charge in [0, 0.05) is 59.4 Å². The van der Waals surface area contributed by atoms with Crippen LogP contribution in [0.1, 0.15) is 0 Å². The van der Waals surface area contributed by atoms with Crippen LogP contribution in [0.3, 0.4) is 0 Å². The van der Waals surface area contributed by atoms with Crippen LogP contribution in [0.4, 0.5) is 0 Å². The van der Waals surface area contributed by atoms with E-state index in [-0.39, 0.29) is 0 Å². The Labute approximate surface area is 400 Å². The number of thiophene rings is 1. The van der Waals surface area contributed by atoms with Crippen molar-refractivity contribution in [3.05, 3.63) is 231 Å². The maximum atomic E-state index is 6.50. The fourth-order valence-electron chi connectivity index (χ4n) is 10.2. The predicted octanol–water partition coefficient (Wildman–Crippen LogP) is 17.2. The molecule has 6 heteroatoms. The number of furan rings is 1. The number of hydrogen-bond donors (Lipinski definition) is 0. The molecule has 69 heavy (non-hydrogen) atoms. The van der Waals surface area contributed by atoms with Gasteiger partial charge in [-0.05, 0) is 88.0 Å². The summed E-state index contributed by atoms with van der Waals surface area (Å²) in [6.45, 7) is 0. The summed E-state index contributed by atoms with van der Waals surface area (Å²) in [4.78, 5) is 16.1. The molecule has 0 fully saturated rings. The van der Waals surface area contributed by atoms with Gasteiger partial charge >= 0.3 is 0 Å². The van der Waals surface area contributed by atoms with E-state index in [9.17, 15) is 0 Å². The van der Waals surface area contributed by atoms with Gasteiger partial charge in [0.05, 0.1) is 15.7 Å². The van der Waals surface area contributed by atoms with Gasteiger partial charge in [0.2, 0.25) is 0 Å². The normalized spacial score (nSPS) is 11.8. The summed E-state index contributed by atoms with van der Waals surface area (Å²) in [6, 6.07) is 81.5. The molecule has 0 radical (unpaired) electrons. The van der Waals surface area contributed by atoms with Crippen LogP contribution in [-0.4, -0.2) is 19.5 Å². The smallest absolute Gasteiger partial charge is 0.164 e. The second-order valence-corrected chi connectivity index (χ2v) is 18.6. The Kier molecular flexibility index (Phi) is 9.00. The van der Waals surface area contributed by atoms with Crippen LogP contribution < -0.4 is 0 Å². The standard InChI is InChI=1S/C63H38N4OS/c1-3-16-39(17-4-1)41-20-13-22-43(34-41)61-64-62(44-23-14-21-42(35-44)40-18-5-2-6-19-40)66-63(65-61)46-36-45(48-27-15-30-56-58(48)53-26-8-11-29-55(53)68-56)37-47(38-46)67-54-28-10-7-24-49(54)51-32-33-52-50-25-9-12-31-57(50)69-60(52)59(51)67/h1-38H. The summed E-state index contributed by atoms with van der Waals surface area (Å²) in [6.07, 6.45) is 0. The van der Waals surface area contributed by atoms with Gasteiger partial charge in [-0.15, -0.1) is 11.3 Å². The number of benzene rings is 10. The molecular formula is C63H38N4OS. The quantitative estimate of drug-likeness (QED) is 0.160. The van der Waals surface area contributed by atoms with Gasteiger partial charge in [0.1, 0.15) is 11.2 Å². The molecule has 0 bridgehead atoms. The highest BCUT2D eigenvalue weighted by Gasteiger charge is 2.22. The summed E-state index contributed by atoms with van der Waals surface area (Å²) in [5.41, 5.74) is 14.2. The maximum Gasteiger partial charge on any atom is 0.164 e. The number of para-hydroxylation sites is 2. The zero-order chi connectivity index (χ0) is 45.4. The van der Waals surface area contributed by atoms with Crippen molar-refractivity contribution < 1.29 is 4.42 Å². The summed E-state index contributed by atoms with van der Waals surface area (Å²) in [5, 5.41) is 7.06. The molecule has 0 aliphatic carbocycles. The molecular weight excluding hydrogens is 861 g/mol. The van der Waals surface area contributed by atoms with E-state index in [0.29, 0.717) is 17.5 Å². The molecule has 0 spiro atoms. The minimum absolute atomic E-state index is 0.574. The molecule has 322 valence electrons. The molecule has 0 unspecified atom stereocenters. The molecule has 14 aromatic rings. The van der Waals surface area contributed by atoms with E-state index in [4.69, 9.17) is 19.4 Å². The van der Waals surface area contributed by atoms with Crippen molar-refractivity contribution in [3.8, 4) is 73.2 Å². The minimum atomic E-state index is 0.574. The molecule has 5 nitrogen and oxygen atoms in total. The molecule has 0 aliphatic rings. The SMILES string of the molecule is c1ccc(-c2cccc(-c3nc(-c4cccc(-c5ccccc5)c4)nc(-c4cc(-c5cccc6oc7ccccc7c56)cc(-n5c6ccccc6c6ccc7c8ccccc8sc7c65)c4)n3)c2)cc1. The van der Waals surface area contributed by atoms with Crippen LogP contribution in [0.25, 0.3) is 137 Å². The highest BCUT2D eigenvalue weighted by Crippen LogP contribution is 2.45. The topological polar surface area (TPSA) is 56.7 Å². The zero-order valence-corrected chi connectivity index (χ0v) is 37.9. The van der Waals surface area contributed by atoms with E-state index in [1.54, 1.807) is 0 Å². The van der Waals surface area contributed by atoms with Gasteiger partial charge in [0.15, 0.2) is 17.5 Å². The lowest BCUT2D eigenvalue weighted by molar-refractivity contribution is 0.669. The van der Waals surface area contributed by atoms with Crippen molar-refractivity contribution in [2.75, 3.05) is 0 Å². The van der Waals surface area contributed by atoms with Gasteiger partial charge < -0.3 is 8.98 Å². The molecule has 14 rings (SSSR count). The third kappa shape index (κ3) is 6.56. The van der Waals surface area contributed by atoms with Crippen LogP contribution in [-0.2, 0) is 0 Å². The largest absolute Gasteiger partial charge is 0.456 e. The van der Waals surface area contributed by atoms with Crippen LogP contribution in [0.2, 0.25) is 0 Å². The van der Waals surface area contributed by atoms with Crippen molar-refractivity contribution in [1.29, 1.82) is 0 Å². The number of hydrogen-bond acceptors (Lipinski definition) is 5. The highest BCUT2D eigenvalue weighted by molar-refractivity contribution is 7.26.